The first-order chi connectivity index (χ1) is 10.0. The molecule has 0 radical (unpaired) electrons. The molecule has 0 bridgehead atoms. The summed E-state index contributed by atoms with van der Waals surface area (Å²) in [6.07, 6.45) is 1.05. The Morgan fingerprint density at radius 3 is 2.62 bits per heavy atom. The van der Waals surface area contributed by atoms with Crippen LogP contribution in [0.2, 0.25) is 5.02 Å². The highest BCUT2D eigenvalue weighted by Gasteiger charge is 2.16. The van der Waals surface area contributed by atoms with E-state index in [0.717, 1.165) is 18.5 Å². The van der Waals surface area contributed by atoms with Crippen LogP contribution in [0.5, 0.6) is 0 Å². The standard InChI is InChI=1S/C14H17ClN2O2S2/c1-2-7-16-9-11-8-14(20-10-11)21(18,19)17-13-5-3-12(15)4-6-13/h3-6,8,10,16-17H,2,7,9H2,1H3. The molecule has 0 aliphatic rings. The Morgan fingerprint density at radius 2 is 1.95 bits per heavy atom. The van der Waals surface area contributed by atoms with Gasteiger partial charge in [-0.05, 0) is 54.2 Å². The van der Waals surface area contributed by atoms with Crippen LogP contribution in [0.15, 0.2) is 39.9 Å². The molecule has 2 aromatic rings. The van der Waals surface area contributed by atoms with Gasteiger partial charge in [0.05, 0.1) is 0 Å². The van der Waals surface area contributed by atoms with Gasteiger partial charge in [0.2, 0.25) is 0 Å². The summed E-state index contributed by atoms with van der Waals surface area (Å²) in [4.78, 5) is 0. The molecule has 2 N–H and O–H groups in total. The number of hydrogen-bond acceptors (Lipinski definition) is 4. The highest BCUT2D eigenvalue weighted by Crippen LogP contribution is 2.23. The molecule has 0 amide bonds. The second-order valence-electron chi connectivity index (χ2n) is 4.56. The molecule has 1 heterocycles. The fourth-order valence-corrected chi connectivity index (χ4v) is 4.11. The average molecular weight is 345 g/mol. The molecule has 0 aliphatic heterocycles. The molecule has 7 heteroatoms. The monoisotopic (exact) mass is 344 g/mol. The first-order valence-corrected chi connectivity index (χ1v) is 9.32. The van der Waals surface area contributed by atoms with E-state index in [9.17, 15) is 8.42 Å². The lowest BCUT2D eigenvalue weighted by Crippen LogP contribution is -2.13. The highest BCUT2D eigenvalue weighted by molar-refractivity contribution is 7.94. The van der Waals surface area contributed by atoms with Gasteiger partial charge in [-0.15, -0.1) is 11.3 Å². The lowest BCUT2D eigenvalue weighted by Gasteiger charge is -2.06. The molecule has 114 valence electrons. The number of thiophene rings is 1. The van der Waals surface area contributed by atoms with E-state index in [1.54, 1.807) is 30.3 Å². The molecule has 0 saturated heterocycles. The Morgan fingerprint density at radius 1 is 1.24 bits per heavy atom. The zero-order chi connectivity index (χ0) is 15.3. The van der Waals surface area contributed by atoms with E-state index < -0.39 is 10.0 Å². The van der Waals surface area contributed by atoms with E-state index in [1.165, 1.54) is 11.3 Å². The molecule has 2 rings (SSSR count). The van der Waals surface area contributed by atoms with Crippen molar-refractivity contribution in [2.24, 2.45) is 0 Å². The van der Waals surface area contributed by atoms with E-state index in [4.69, 9.17) is 11.6 Å². The minimum Gasteiger partial charge on any atom is -0.313 e. The van der Waals surface area contributed by atoms with Gasteiger partial charge in [0.15, 0.2) is 0 Å². The van der Waals surface area contributed by atoms with E-state index in [0.29, 0.717) is 21.5 Å². The number of rotatable bonds is 7. The predicted octanol–water partition coefficient (Wildman–Crippen LogP) is 3.70. The number of hydrogen-bond donors (Lipinski definition) is 2. The predicted molar refractivity (Wildman–Crippen MR) is 88.6 cm³/mol. The minimum atomic E-state index is -3.54. The third kappa shape index (κ3) is 4.71. The summed E-state index contributed by atoms with van der Waals surface area (Å²) in [5.41, 5.74) is 1.48. The van der Waals surface area contributed by atoms with Gasteiger partial charge in [-0.1, -0.05) is 18.5 Å². The van der Waals surface area contributed by atoms with Crippen molar-refractivity contribution in [1.29, 1.82) is 0 Å². The Kier molecular flexibility index (Phi) is 5.64. The van der Waals surface area contributed by atoms with Gasteiger partial charge in [0.25, 0.3) is 10.0 Å². The van der Waals surface area contributed by atoms with Gasteiger partial charge >= 0.3 is 0 Å². The summed E-state index contributed by atoms with van der Waals surface area (Å²) in [7, 11) is -3.54. The maximum atomic E-state index is 12.3. The van der Waals surface area contributed by atoms with Crippen molar-refractivity contribution >= 4 is 38.6 Å². The first-order valence-electron chi connectivity index (χ1n) is 6.58. The van der Waals surface area contributed by atoms with E-state index >= 15 is 0 Å². The van der Waals surface area contributed by atoms with Crippen LogP contribution < -0.4 is 10.0 Å². The second kappa shape index (κ2) is 7.26. The number of nitrogens with one attached hydrogen (secondary N) is 2. The van der Waals surface area contributed by atoms with Crippen LogP contribution in [0.4, 0.5) is 5.69 Å². The second-order valence-corrected chi connectivity index (χ2v) is 7.82. The Balaban J connectivity index is 2.07. The lowest BCUT2D eigenvalue weighted by atomic mass is 10.3. The van der Waals surface area contributed by atoms with Crippen LogP contribution in [-0.2, 0) is 16.6 Å². The molecule has 0 unspecified atom stereocenters. The summed E-state index contributed by atoms with van der Waals surface area (Å²) < 4.78 is 27.4. The lowest BCUT2D eigenvalue weighted by molar-refractivity contribution is 0.603. The summed E-state index contributed by atoms with van der Waals surface area (Å²) >= 11 is 7.00. The van der Waals surface area contributed by atoms with Gasteiger partial charge in [0.1, 0.15) is 4.21 Å². The normalized spacial score (nSPS) is 11.5. The van der Waals surface area contributed by atoms with Crippen molar-refractivity contribution in [2.45, 2.75) is 24.1 Å². The zero-order valence-corrected chi connectivity index (χ0v) is 14.0. The van der Waals surface area contributed by atoms with Gasteiger partial charge in [-0.3, -0.25) is 4.72 Å². The number of anilines is 1. The van der Waals surface area contributed by atoms with Crippen molar-refractivity contribution in [3.05, 3.63) is 46.3 Å². The molecule has 4 nitrogen and oxygen atoms in total. The van der Waals surface area contributed by atoms with Crippen molar-refractivity contribution in [3.8, 4) is 0 Å². The Hall–Kier alpha value is -1.08. The third-order valence-corrected chi connectivity index (χ3v) is 5.87. The maximum absolute atomic E-state index is 12.3. The number of halogens is 1. The maximum Gasteiger partial charge on any atom is 0.271 e. The van der Waals surface area contributed by atoms with Crippen molar-refractivity contribution in [1.82, 2.24) is 5.32 Å². The molecule has 1 aromatic heterocycles. The van der Waals surface area contributed by atoms with Crippen LogP contribution in [0.25, 0.3) is 0 Å². The largest absolute Gasteiger partial charge is 0.313 e. The Bertz CT molecular complexity index is 681. The van der Waals surface area contributed by atoms with Gasteiger partial charge < -0.3 is 5.32 Å². The Labute approximate surface area is 134 Å². The van der Waals surface area contributed by atoms with Gasteiger partial charge in [-0.25, -0.2) is 8.42 Å². The van der Waals surface area contributed by atoms with E-state index in [-0.39, 0.29) is 0 Å². The molecular weight excluding hydrogens is 328 g/mol. The fourth-order valence-electron chi connectivity index (χ4n) is 1.72. The average Bonchev–Trinajstić information content (AvgIpc) is 2.91. The number of sulfonamides is 1. The van der Waals surface area contributed by atoms with Crippen LogP contribution in [0.3, 0.4) is 0 Å². The van der Waals surface area contributed by atoms with Gasteiger partial charge in [0, 0.05) is 17.3 Å². The summed E-state index contributed by atoms with van der Waals surface area (Å²) in [5.74, 6) is 0. The smallest absolute Gasteiger partial charge is 0.271 e. The minimum absolute atomic E-state index is 0.311. The quantitative estimate of drug-likeness (QED) is 0.753. The van der Waals surface area contributed by atoms with Crippen molar-refractivity contribution in [3.63, 3.8) is 0 Å². The van der Waals surface area contributed by atoms with Gasteiger partial charge in [-0.2, -0.15) is 0 Å². The van der Waals surface area contributed by atoms with Crippen molar-refractivity contribution < 1.29 is 8.42 Å². The molecule has 0 spiro atoms. The molecule has 0 aliphatic carbocycles. The fraction of sp³-hybridized carbons (Fsp3) is 0.286. The highest BCUT2D eigenvalue weighted by atomic mass is 35.5. The van der Waals surface area contributed by atoms with E-state index in [1.807, 2.05) is 5.38 Å². The zero-order valence-electron chi connectivity index (χ0n) is 11.6. The topological polar surface area (TPSA) is 58.2 Å². The molecule has 0 atom stereocenters. The summed E-state index contributed by atoms with van der Waals surface area (Å²) in [6.45, 7) is 3.69. The van der Waals surface area contributed by atoms with Crippen LogP contribution >= 0.6 is 22.9 Å². The summed E-state index contributed by atoms with van der Waals surface area (Å²) in [6, 6.07) is 8.27. The molecule has 1 aromatic carbocycles. The van der Waals surface area contributed by atoms with Crippen LogP contribution in [-0.4, -0.2) is 15.0 Å². The molecule has 0 saturated carbocycles. The molecular formula is C14H17ClN2O2S2. The van der Waals surface area contributed by atoms with Crippen LogP contribution in [0.1, 0.15) is 18.9 Å². The molecule has 21 heavy (non-hydrogen) atoms. The summed E-state index contributed by atoms with van der Waals surface area (Å²) in [5, 5.41) is 5.68. The molecule has 0 fully saturated rings. The third-order valence-electron chi connectivity index (χ3n) is 2.75. The van der Waals surface area contributed by atoms with E-state index in [2.05, 4.69) is 17.0 Å². The van der Waals surface area contributed by atoms with Crippen molar-refractivity contribution in [2.75, 3.05) is 11.3 Å². The SMILES string of the molecule is CCCNCc1csc(S(=O)(=O)Nc2ccc(Cl)cc2)c1. The van der Waals surface area contributed by atoms with Crippen LogP contribution in [0, 0.1) is 0 Å². The first kappa shape index (κ1) is 16.3. The number of benzene rings is 1.